The molecule has 5 aromatic rings. The van der Waals surface area contributed by atoms with Crippen LogP contribution in [0.4, 0.5) is 0 Å². The van der Waals surface area contributed by atoms with Crippen LogP contribution in [0.1, 0.15) is 22.9 Å². The van der Waals surface area contributed by atoms with Crippen LogP contribution in [0, 0.1) is 0 Å². The molecule has 0 saturated carbocycles. The Balaban J connectivity index is 1.40. The van der Waals surface area contributed by atoms with Crippen LogP contribution in [0.25, 0.3) is 11.2 Å². The van der Waals surface area contributed by atoms with Crippen molar-refractivity contribution in [3.8, 4) is 11.5 Å². The highest BCUT2D eigenvalue weighted by Crippen LogP contribution is 2.43. The van der Waals surface area contributed by atoms with Gasteiger partial charge in [0.15, 0.2) is 17.4 Å². The molecule has 11 nitrogen and oxygen atoms in total. The lowest BCUT2D eigenvalue weighted by Gasteiger charge is -2.37. The van der Waals surface area contributed by atoms with Crippen molar-refractivity contribution in [2.75, 3.05) is 27.9 Å². The Hall–Kier alpha value is -4.55. The van der Waals surface area contributed by atoms with E-state index in [9.17, 15) is 9.90 Å². The van der Waals surface area contributed by atoms with Crippen molar-refractivity contribution in [3.63, 3.8) is 0 Å². The minimum absolute atomic E-state index is 0.00881. The van der Waals surface area contributed by atoms with Gasteiger partial charge in [0.05, 0.1) is 33.5 Å². The summed E-state index contributed by atoms with van der Waals surface area (Å²) in [5.74, 6) is 1.42. The number of rotatable bonds is 10. The number of aliphatic hydroxyl groups excluding tert-OH is 1. The maximum atomic E-state index is 12.3. The van der Waals surface area contributed by atoms with E-state index in [1.807, 2.05) is 78.9 Å². The lowest BCUT2D eigenvalue weighted by atomic mass is 9.80. The van der Waals surface area contributed by atoms with Gasteiger partial charge in [-0.2, -0.15) is 0 Å². The first-order valence-corrected chi connectivity index (χ1v) is 13.7. The smallest absolute Gasteiger partial charge is 0.278 e. The zero-order valence-corrected chi connectivity index (χ0v) is 23.9. The highest BCUT2D eigenvalue weighted by atomic mass is 16.6. The maximum Gasteiger partial charge on any atom is 0.278 e. The first kappa shape index (κ1) is 28.6. The number of aliphatic hydroxyl groups is 1. The van der Waals surface area contributed by atoms with E-state index in [0.717, 1.165) is 16.7 Å². The third-order valence-electron chi connectivity index (χ3n) is 7.86. The Morgan fingerprint density at radius 3 is 2.07 bits per heavy atom. The van der Waals surface area contributed by atoms with Crippen LogP contribution in [0.5, 0.6) is 11.5 Å². The van der Waals surface area contributed by atoms with Gasteiger partial charge in [-0.3, -0.25) is 9.36 Å². The van der Waals surface area contributed by atoms with E-state index in [1.54, 1.807) is 18.8 Å². The van der Waals surface area contributed by atoms with Crippen LogP contribution >= 0.6 is 0 Å². The number of aromatic nitrogens is 4. The molecule has 3 heterocycles. The van der Waals surface area contributed by atoms with Crippen molar-refractivity contribution in [2.45, 2.75) is 30.1 Å². The molecule has 4 atom stereocenters. The van der Waals surface area contributed by atoms with Gasteiger partial charge in [0.25, 0.3) is 5.56 Å². The Morgan fingerprint density at radius 1 is 0.884 bits per heavy atom. The molecule has 0 spiro atoms. The summed E-state index contributed by atoms with van der Waals surface area (Å²) in [6.45, 7) is -0.00881. The number of hydrogen-bond acceptors (Lipinski definition) is 9. The first-order valence-electron chi connectivity index (χ1n) is 13.7. The predicted octanol–water partition coefficient (Wildman–Crippen LogP) is 3.42. The molecular formula is C32H32N4O7. The molecule has 0 bridgehead atoms. The zero-order valence-electron chi connectivity index (χ0n) is 23.9. The van der Waals surface area contributed by atoms with E-state index in [1.165, 1.54) is 19.8 Å². The highest BCUT2D eigenvalue weighted by molar-refractivity contribution is 5.68. The molecule has 0 amide bonds. The van der Waals surface area contributed by atoms with Crippen molar-refractivity contribution in [1.29, 1.82) is 0 Å². The van der Waals surface area contributed by atoms with Gasteiger partial charge < -0.3 is 33.8 Å². The van der Waals surface area contributed by atoms with E-state index < -0.39 is 30.1 Å². The van der Waals surface area contributed by atoms with Gasteiger partial charge in [-0.15, -0.1) is 0 Å². The van der Waals surface area contributed by atoms with Crippen molar-refractivity contribution in [2.24, 2.45) is 0 Å². The zero-order chi connectivity index (χ0) is 30.0. The summed E-state index contributed by atoms with van der Waals surface area (Å²) in [5.41, 5.74) is 1.59. The van der Waals surface area contributed by atoms with Gasteiger partial charge in [-0.25, -0.2) is 9.97 Å². The third kappa shape index (κ3) is 5.06. The number of hydrogen-bond donors (Lipinski definition) is 2. The second-order valence-corrected chi connectivity index (χ2v) is 10.1. The van der Waals surface area contributed by atoms with Gasteiger partial charge in [0.1, 0.15) is 35.4 Å². The molecular weight excluding hydrogens is 552 g/mol. The Labute approximate surface area is 247 Å². The SMILES string of the molecule is COc1ccc(C(OC[C@H]2O[C@@H](n3cnc4c(=O)[nH]cnc43)[C@H](OC)[C@@H]2O)(c2ccccc2)c2ccc(OC)cc2)cc1. The predicted molar refractivity (Wildman–Crippen MR) is 157 cm³/mol. The van der Waals surface area contributed by atoms with Gasteiger partial charge in [0, 0.05) is 7.11 Å². The molecule has 11 heteroatoms. The fraction of sp³-hybridized carbons (Fsp3) is 0.281. The Morgan fingerprint density at radius 2 is 1.49 bits per heavy atom. The summed E-state index contributed by atoms with van der Waals surface area (Å²) in [6.07, 6.45) is -0.679. The molecule has 0 aliphatic carbocycles. The average Bonchev–Trinajstić information content (AvgIpc) is 3.63. The van der Waals surface area contributed by atoms with Crippen molar-refractivity contribution in [1.82, 2.24) is 19.5 Å². The van der Waals surface area contributed by atoms with Crippen LogP contribution in [0.2, 0.25) is 0 Å². The van der Waals surface area contributed by atoms with E-state index in [0.29, 0.717) is 17.1 Å². The number of nitrogens with one attached hydrogen (secondary N) is 1. The lowest BCUT2D eigenvalue weighted by molar-refractivity contribution is -0.0948. The van der Waals surface area contributed by atoms with Gasteiger partial charge in [-0.05, 0) is 41.0 Å². The molecule has 1 aliphatic heterocycles. The van der Waals surface area contributed by atoms with E-state index in [4.69, 9.17) is 23.7 Å². The summed E-state index contributed by atoms with van der Waals surface area (Å²) < 4.78 is 31.5. The monoisotopic (exact) mass is 584 g/mol. The van der Waals surface area contributed by atoms with E-state index in [2.05, 4.69) is 15.0 Å². The molecule has 3 aromatic carbocycles. The largest absolute Gasteiger partial charge is 0.497 e. The second-order valence-electron chi connectivity index (χ2n) is 10.1. The summed E-state index contributed by atoms with van der Waals surface area (Å²) in [6, 6.07) is 25.3. The van der Waals surface area contributed by atoms with Crippen LogP contribution in [-0.4, -0.2) is 70.9 Å². The molecule has 1 aliphatic rings. The van der Waals surface area contributed by atoms with Crippen LogP contribution < -0.4 is 15.0 Å². The minimum atomic E-state index is -1.10. The second kappa shape index (κ2) is 12.0. The number of benzene rings is 3. The molecule has 222 valence electrons. The number of fused-ring (bicyclic) bond motifs is 1. The Bertz CT molecular complexity index is 1670. The number of nitrogens with zero attached hydrogens (tertiary/aromatic N) is 3. The maximum absolute atomic E-state index is 12.3. The summed E-state index contributed by atoms with van der Waals surface area (Å²) in [7, 11) is 4.74. The normalized spacial score (nSPS) is 20.4. The van der Waals surface area contributed by atoms with Crippen LogP contribution in [-0.2, 0) is 19.8 Å². The first-order chi connectivity index (χ1) is 21.0. The minimum Gasteiger partial charge on any atom is -0.497 e. The summed E-state index contributed by atoms with van der Waals surface area (Å²) >= 11 is 0. The third-order valence-corrected chi connectivity index (χ3v) is 7.86. The van der Waals surface area contributed by atoms with Gasteiger partial charge >= 0.3 is 0 Å². The topological polar surface area (TPSA) is 130 Å². The van der Waals surface area contributed by atoms with E-state index >= 15 is 0 Å². The molecule has 6 rings (SSSR count). The van der Waals surface area contributed by atoms with Crippen LogP contribution in [0.3, 0.4) is 0 Å². The standard InChI is InChI=1S/C32H32N4O7/c1-39-23-13-9-21(10-14-23)32(20-7-5-4-6-8-20,22-11-15-24(40-2)16-12-22)42-17-25-27(37)28(41-3)31(43-25)36-19-35-26-29(36)33-18-34-30(26)38/h4-16,18-19,25,27-28,31,37H,17H2,1-3H3,(H,33,34,38)/t25-,27-,28-,31-/m1/s1. The summed E-state index contributed by atoms with van der Waals surface area (Å²) in [5, 5.41) is 11.4. The average molecular weight is 585 g/mol. The molecule has 1 fully saturated rings. The molecule has 1 saturated heterocycles. The number of methoxy groups -OCH3 is 3. The summed E-state index contributed by atoms with van der Waals surface area (Å²) in [4.78, 5) is 23.3. The number of ether oxygens (including phenoxy) is 5. The Kier molecular flexibility index (Phi) is 7.96. The van der Waals surface area contributed by atoms with Crippen LogP contribution in [0.15, 0.2) is 96.3 Å². The number of imidazole rings is 1. The fourth-order valence-corrected chi connectivity index (χ4v) is 5.67. The highest BCUT2D eigenvalue weighted by Gasteiger charge is 2.48. The lowest BCUT2D eigenvalue weighted by Crippen LogP contribution is -2.40. The van der Waals surface area contributed by atoms with Crippen molar-refractivity contribution in [3.05, 3.63) is 119 Å². The van der Waals surface area contributed by atoms with Gasteiger partial charge in [0.2, 0.25) is 0 Å². The molecule has 2 N–H and O–H groups in total. The van der Waals surface area contributed by atoms with Gasteiger partial charge in [-0.1, -0.05) is 54.6 Å². The molecule has 0 unspecified atom stereocenters. The molecule has 2 aromatic heterocycles. The van der Waals surface area contributed by atoms with Crippen molar-refractivity contribution >= 4 is 11.2 Å². The number of aromatic amines is 1. The quantitative estimate of drug-likeness (QED) is 0.237. The molecule has 0 radical (unpaired) electrons. The van der Waals surface area contributed by atoms with E-state index in [-0.39, 0.29) is 17.7 Å². The van der Waals surface area contributed by atoms with Crippen molar-refractivity contribution < 1.29 is 28.8 Å². The number of H-pyrrole nitrogens is 1. The molecule has 43 heavy (non-hydrogen) atoms. The fourth-order valence-electron chi connectivity index (χ4n) is 5.67.